The Bertz CT molecular complexity index is 3460. The van der Waals surface area contributed by atoms with Crippen LogP contribution in [0.1, 0.15) is 141 Å². The Morgan fingerprint density at radius 2 is 0.602 bits per heavy atom. The highest BCUT2D eigenvalue weighted by atomic mass is 16.4. The van der Waals surface area contributed by atoms with Crippen molar-refractivity contribution in [1.82, 2.24) is 74.4 Å². The lowest BCUT2D eigenvalue weighted by Crippen LogP contribution is -2.62. The number of aliphatic hydroxyl groups excluding tert-OH is 1. The first kappa shape index (κ1) is 94.4. The van der Waals surface area contributed by atoms with Crippen LogP contribution < -0.4 is 74.4 Å². The summed E-state index contributed by atoms with van der Waals surface area (Å²) in [6.45, 7) is 17.7. The molecule has 42 heteroatoms. The summed E-state index contributed by atoms with van der Waals surface area (Å²) in [5.74, 6) is -28.9. The van der Waals surface area contributed by atoms with Gasteiger partial charge in [0.15, 0.2) is 0 Å². The number of carbonyl (C=O) groups is 20. The molecule has 0 unspecified atom stereocenters. The van der Waals surface area contributed by atoms with Gasteiger partial charge in [-0.25, -0.2) is 4.79 Å². The molecule has 0 aliphatic heterocycles. The molecule has 602 valence electrons. The van der Waals surface area contributed by atoms with Gasteiger partial charge in [0.25, 0.3) is 0 Å². The van der Waals surface area contributed by atoms with Gasteiger partial charge in [-0.15, -0.1) is 0 Å². The fourth-order valence-electron chi connectivity index (χ4n) is 9.93. The van der Waals surface area contributed by atoms with Crippen molar-refractivity contribution in [2.45, 2.75) is 232 Å². The van der Waals surface area contributed by atoms with E-state index < -0.39 is 272 Å². The lowest BCUT2D eigenvalue weighted by atomic mass is 9.98. The van der Waals surface area contributed by atoms with Crippen molar-refractivity contribution in [1.29, 1.82) is 0 Å². The molecule has 0 aliphatic carbocycles. The molecule has 1 aromatic rings. The molecule has 108 heavy (non-hydrogen) atoms. The van der Waals surface area contributed by atoms with Gasteiger partial charge in [0, 0.05) is 19.8 Å². The molecule has 0 heterocycles. The summed E-state index contributed by atoms with van der Waals surface area (Å²) in [5.41, 5.74) is 0.247. The Hall–Kier alpha value is -11.6. The maximum absolute atomic E-state index is 14.3. The average Bonchev–Trinajstić information content (AvgIpc) is 0.848. The third-order valence-corrected chi connectivity index (χ3v) is 15.8. The van der Waals surface area contributed by atoms with Crippen molar-refractivity contribution in [3.63, 3.8) is 0 Å². The summed E-state index contributed by atoms with van der Waals surface area (Å²) in [6, 6.07) is -19.2. The molecular weight excluding hydrogens is 1440 g/mol. The fourth-order valence-corrected chi connectivity index (χ4v) is 9.93. The summed E-state index contributed by atoms with van der Waals surface area (Å²) < 4.78 is 0. The number of aromatic hydroxyl groups is 1. The van der Waals surface area contributed by atoms with E-state index in [0.29, 0.717) is 0 Å². The van der Waals surface area contributed by atoms with Crippen molar-refractivity contribution in [3.8, 4) is 5.75 Å². The van der Waals surface area contributed by atoms with Gasteiger partial charge < -0.3 is 115 Å². The van der Waals surface area contributed by atoms with Crippen LogP contribution in [-0.4, -0.2) is 250 Å². The lowest BCUT2D eigenvalue weighted by Gasteiger charge is -2.30. The number of phenols is 1. The minimum absolute atomic E-state index is 0.147. The SMILES string of the molecule is CC(=O)N[C@@H](C)C(=O)N[C@@H](CC(=O)O)C(=O)N[C@@H](CC(C)C)C(=O)N[C@@H](CCC(=O)O)C(=O)N[C@H](C(=O)N[C@H](C(=O)N[C@@H](C)C(=O)N[C@@H](C)C(=O)N[C@H](C(=O)N[C@@H](Cc1ccc(O)cc1)C(=O)N[C@H](C(=O)N[C@@H](CC(=O)O)C(=O)N[C@@H](CC(=O)O)C(=O)N[C@@H](CC(=O)O)C(=O)O)C(C)C)[C@@H](C)O)C(C)C)C(C)C. The number of carboxylic acid groups (broad SMARTS) is 6. The van der Waals surface area contributed by atoms with E-state index in [2.05, 4.69) is 63.8 Å². The molecule has 22 N–H and O–H groups in total. The molecular formula is C66H100N14O28. The van der Waals surface area contributed by atoms with Crippen LogP contribution in [0.25, 0.3) is 0 Å². The fraction of sp³-hybridized carbons (Fsp3) is 0.606. The van der Waals surface area contributed by atoms with E-state index in [1.807, 2.05) is 5.32 Å². The molecule has 0 spiro atoms. The summed E-state index contributed by atoms with van der Waals surface area (Å²) in [5, 5.41) is 109. The van der Waals surface area contributed by atoms with E-state index in [9.17, 15) is 132 Å². The van der Waals surface area contributed by atoms with E-state index in [-0.39, 0.29) is 23.7 Å². The third kappa shape index (κ3) is 34.1. The number of aliphatic hydroxyl groups is 1. The second-order valence-corrected chi connectivity index (χ2v) is 26.9. The lowest BCUT2D eigenvalue weighted by molar-refractivity contribution is -0.148. The van der Waals surface area contributed by atoms with Crippen LogP contribution in [0, 0.1) is 23.7 Å². The first-order chi connectivity index (χ1) is 50.0. The highest BCUT2D eigenvalue weighted by Crippen LogP contribution is 2.16. The highest BCUT2D eigenvalue weighted by molar-refractivity contribution is 6.02. The van der Waals surface area contributed by atoms with Gasteiger partial charge in [0.2, 0.25) is 82.7 Å². The number of amides is 14. The highest BCUT2D eigenvalue weighted by Gasteiger charge is 2.40. The van der Waals surface area contributed by atoms with Gasteiger partial charge in [0.05, 0.1) is 31.8 Å². The van der Waals surface area contributed by atoms with Gasteiger partial charge in [-0.3, -0.25) is 91.1 Å². The quantitative estimate of drug-likeness (QED) is 0.0289. The van der Waals surface area contributed by atoms with Crippen LogP contribution >= 0.6 is 0 Å². The van der Waals surface area contributed by atoms with E-state index in [1.54, 1.807) is 19.2 Å². The van der Waals surface area contributed by atoms with Crippen molar-refractivity contribution < 1.29 is 137 Å². The number of rotatable bonds is 47. The van der Waals surface area contributed by atoms with Crippen molar-refractivity contribution in [2.24, 2.45) is 23.7 Å². The number of carboxylic acids is 6. The minimum atomic E-state index is -2.18. The van der Waals surface area contributed by atoms with Crippen LogP contribution in [0.2, 0.25) is 0 Å². The molecule has 15 atom stereocenters. The number of hydrogen-bond donors (Lipinski definition) is 22. The van der Waals surface area contributed by atoms with Gasteiger partial charge in [-0.2, -0.15) is 0 Å². The van der Waals surface area contributed by atoms with E-state index >= 15 is 0 Å². The van der Waals surface area contributed by atoms with Crippen LogP contribution in [0.5, 0.6) is 5.75 Å². The largest absolute Gasteiger partial charge is 0.508 e. The van der Waals surface area contributed by atoms with Crippen LogP contribution in [0.15, 0.2) is 24.3 Å². The van der Waals surface area contributed by atoms with E-state index in [4.69, 9.17) is 5.11 Å². The Balaban J connectivity index is 3.44. The standard InChI is InChI=1S/C66H100N14O28/c1-26(2)20-38(72-58(99)40(22-45(86)87)71-54(95)30(9)67-34(13)82)57(98)70-37(18-19-44(84)85)56(97)77-51(29(7)8)64(105)79-49(27(3)4)62(103)69-31(10)53(94)68-32(11)55(96)80-52(33(12)81)65(106)74-39(21-35-14-16-36(83)17-15-35)61(102)78-50(28(5)6)63(104)75-42(24-47(90)91)59(100)73-41(23-46(88)89)60(101)76-43(66(107)108)25-48(92)93/h14-17,26-33,37-43,49-52,81,83H,18-25H2,1-13H3,(H,67,82)(H,68,94)(H,69,103)(H,70,98)(H,71,95)(H,72,99)(H,73,100)(H,74,106)(H,75,104)(H,76,101)(H,77,97)(H,78,102)(H,79,105)(H,80,96)(H,84,85)(H,86,87)(H,88,89)(H,90,91)(H,92,93)(H,107,108)/t30-,31-,32-,33+,37-,38-,39-,40-,41-,42-,43-,49-,50-,51-,52-/m0/s1. The molecule has 0 saturated heterocycles. The maximum atomic E-state index is 14.3. The second-order valence-electron chi connectivity index (χ2n) is 26.9. The monoisotopic (exact) mass is 1540 g/mol. The first-order valence-electron chi connectivity index (χ1n) is 34.0. The predicted molar refractivity (Wildman–Crippen MR) is 371 cm³/mol. The zero-order valence-electron chi connectivity index (χ0n) is 61.7. The predicted octanol–water partition coefficient (Wildman–Crippen LogP) is -5.96. The molecule has 0 aromatic heterocycles. The zero-order valence-corrected chi connectivity index (χ0v) is 61.7. The Kier molecular flexibility index (Phi) is 39.3. The number of nitrogens with one attached hydrogen (secondary N) is 14. The topological polar surface area (TPSA) is 672 Å². The molecule has 42 nitrogen and oxygen atoms in total. The normalized spacial score (nSPS) is 15.3. The zero-order chi connectivity index (χ0) is 83.1. The molecule has 1 rings (SSSR count). The number of aliphatic carboxylic acids is 6. The van der Waals surface area contributed by atoms with Crippen molar-refractivity contribution in [2.75, 3.05) is 0 Å². The number of carbonyl (C=O) groups excluding carboxylic acids is 14. The molecule has 14 amide bonds. The third-order valence-electron chi connectivity index (χ3n) is 15.8. The smallest absolute Gasteiger partial charge is 0.326 e. The van der Waals surface area contributed by atoms with Gasteiger partial charge in [0.1, 0.15) is 90.3 Å². The van der Waals surface area contributed by atoms with Crippen LogP contribution in [0.3, 0.4) is 0 Å². The average molecular weight is 1540 g/mol. The second kappa shape index (κ2) is 45.0. The van der Waals surface area contributed by atoms with Crippen LogP contribution in [-0.2, 0) is 102 Å². The Morgan fingerprint density at radius 1 is 0.315 bits per heavy atom. The number of hydrogen-bond acceptors (Lipinski definition) is 22. The van der Waals surface area contributed by atoms with E-state index in [1.165, 1.54) is 79.7 Å². The van der Waals surface area contributed by atoms with Gasteiger partial charge >= 0.3 is 35.8 Å². The summed E-state index contributed by atoms with van der Waals surface area (Å²) in [6.07, 6.45) is -8.37. The molecule has 0 fully saturated rings. The number of benzene rings is 1. The Labute approximate surface area is 619 Å². The van der Waals surface area contributed by atoms with Crippen LogP contribution in [0.4, 0.5) is 0 Å². The molecule has 1 aromatic carbocycles. The molecule has 0 saturated carbocycles. The summed E-state index contributed by atoms with van der Waals surface area (Å²) in [7, 11) is 0. The Morgan fingerprint density at radius 3 is 1.00 bits per heavy atom. The van der Waals surface area contributed by atoms with Gasteiger partial charge in [-0.1, -0.05) is 67.5 Å². The summed E-state index contributed by atoms with van der Waals surface area (Å²) in [4.78, 5) is 260. The van der Waals surface area contributed by atoms with Gasteiger partial charge in [-0.05, 0) is 81.9 Å². The van der Waals surface area contributed by atoms with E-state index in [0.717, 1.165) is 20.8 Å². The number of phenolic OH excluding ortho intramolecular Hbond substituents is 1. The maximum Gasteiger partial charge on any atom is 0.326 e. The molecule has 0 radical (unpaired) electrons. The van der Waals surface area contributed by atoms with Crippen molar-refractivity contribution in [3.05, 3.63) is 29.8 Å². The first-order valence-corrected chi connectivity index (χ1v) is 34.0. The summed E-state index contributed by atoms with van der Waals surface area (Å²) >= 11 is 0. The minimum Gasteiger partial charge on any atom is -0.508 e. The van der Waals surface area contributed by atoms with Crippen molar-refractivity contribution >= 4 is 119 Å². The molecule has 0 aliphatic rings. The molecule has 0 bridgehead atoms.